The first kappa shape index (κ1) is 20.4. The fourth-order valence-electron chi connectivity index (χ4n) is 5.95. The predicted octanol–water partition coefficient (Wildman–Crippen LogP) is 9.05. The highest BCUT2D eigenvalue weighted by molar-refractivity contribution is 6.82. The van der Waals surface area contributed by atoms with Crippen molar-refractivity contribution in [1.82, 2.24) is 0 Å². The quantitative estimate of drug-likeness (QED) is 0.410. The second-order valence-electron chi connectivity index (χ2n) is 10.5. The Hall–Kier alpha value is -0.823. The van der Waals surface area contributed by atoms with Gasteiger partial charge in [-0.05, 0) is 84.7 Å². The highest BCUT2D eigenvalue weighted by Gasteiger charge is 2.40. The van der Waals surface area contributed by atoms with Gasteiger partial charge in [-0.2, -0.15) is 0 Å². The monoisotopic (exact) mass is 394 g/mol. The molecule has 154 valence electrons. The predicted molar refractivity (Wildman–Crippen MR) is 127 cm³/mol. The van der Waals surface area contributed by atoms with Crippen LogP contribution < -0.4 is 0 Å². The van der Waals surface area contributed by atoms with Gasteiger partial charge in [0, 0.05) is 0 Å². The van der Waals surface area contributed by atoms with E-state index in [1.807, 2.05) is 0 Å². The number of fused-ring (bicyclic) bond motifs is 2. The molecule has 0 aromatic rings. The molecule has 4 rings (SSSR count). The van der Waals surface area contributed by atoms with Crippen LogP contribution in [0.4, 0.5) is 0 Å². The van der Waals surface area contributed by atoms with Crippen LogP contribution in [0.2, 0.25) is 24.2 Å². The molecule has 0 N–H and O–H groups in total. The van der Waals surface area contributed by atoms with Crippen LogP contribution in [0.25, 0.3) is 0 Å². The minimum Gasteiger partial charge on any atom is -0.0768 e. The van der Waals surface area contributed by atoms with Crippen molar-refractivity contribution < 1.29 is 0 Å². The zero-order chi connectivity index (χ0) is 19.4. The lowest BCUT2D eigenvalue weighted by Crippen LogP contribution is -2.34. The van der Waals surface area contributed by atoms with Crippen LogP contribution in [-0.4, -0.2) is 8.07 Å². The summed E-state index contributed by atoms with van der Waals surface area (Å²) in [7, 11) is -1.41. The van der Waals surface area contributed by atoms with Gasteiger partial charge < -0.3 is 0 Å². The molecule has 0 amide bonds. The fourth-order valence-corrected chi connectivity index (χ4v) is 8.91. The molecule has 4 aliphatic rings. The molecular formula is C27H42Si. The van der Waals surface area contributed by atoms with Crippen LogP contribution in [-0.2, 0) is 0 Å². The summed E-state index contributed by atoms with van der Waals surface area (Å²) in [5.41, 5.74) is 8.47. The Morgan fingerprint density at radius 3 is 1.04 bits per heavy atom. The Morgan fingerprint density at radius 1 is 0.464 bits per heavy atom. The van der Waals surface area contributed by atoms with E-state index < -0.39 is 8.07 Å². The Morgan fingerprint density at radius 2 is 0.714 bits per heavy atom. The van der Waals surface area contributed by atoms with E-state index in [1.54, 1.807) is 22.3 Å². The van der Waals surface area contributed by atoms with E-state index in [0.717, 1.165) is 11.1 Å². The lowest BCUT2D eigenvalue weighted by Gasteiger charge is -2.32. The average Bonchev–Trinajstić information content (AvgIpc) is 3.21. The molecule has 0 atom stereocenters. The first-order valence-corrected chi connectivity index (χ1v) is 15.6. The van der Waals surface area contributed by atoms with Crippen molar-refractivity contribution in [1.29, 1.82) is 0 Å². The molecule has 4 aliphatic carbocycles. The zero-order valence-electron chi connectivity index (χ0n) is 18.6. The minimum absolute atomic E-state index is 0.753. The number of hydrogen-bond acceptors (Lipinski definition) is 0. The molecule has 0 radical (unpaired) electrons. The molecule has 1 heteroatoms. The molecule has 0 nitrogen and oxygen atoms in total. The maximum absolute atomic E-state index is 2.75. The van der Waals surface area contributed by atoms with E-state index >= 15 is 0 Å². The van der Waals surface area contributed by atoms with Crippen LogP contribution in [0.5, 0.6) is 0 Å². The smallest absolute Gasteiger partial charge is 0.0699 e. The maximum Gasteiger partial charge on any atom is 0.0699 e. The maximum atomic E-state index is 2.75. The van der Waals surface area contributed by atoms with Crippen molar-refractivity contribution in [2.75, 3.05) is 0 Å². The second-order valence-corrected chi connectivity index (χ2v) is 15.5. The van der Waals surface area contributed by atoms with Gasteiger partial charge in [0.1, 0.15) is 0 Å². The van der Waals surface area contributed by atoms with Gasteiger partial charge in [-0.25, -0.2) is 0 Å². The molecule has 0 bridgehead atoms. The van der Waals surface area contributed by atoms with Crippen molar-refractivity contribution >= 4 is 8.07 Å². The molecule has 28 heavy (non-hydrogen) atoms. The minimum atomic E-state index is -1.41. The molecule has 2 fully saturated rings. The molecule has 0 heterocycles. The fraction of sp³-hybridized carbons (Fsp3) is 0.704. The highest BCUT2D eigenvalue weighted by Crippen LogP contribution is 2.48. The number of allylic oxidation sites excluding steroid dienone is 8. The van der Waals surface area contributed by atoms with Crippen molar-refractivity contribution in [3.05, 3.63) is 46.6 Å². The highest BCUT2D eigenvalue weighted by atomic mass is 28.3. The summed E-state index contributed by atoms with van der Waals surface area (Å²) >= 11 is 0. The summed E-state index contributed by atoms with van der Waals surface area (Å²) in [5.74, 6) is 0. The van der Waals surface area contributed by atoms with Gasteiger partial charge in [-0.15, -0.1) is 0 Å². The molecule has 0 unspecified atom stereocenters. The van der Waals surface area contributed by atoms with Crippen LogP contribution in [0.15, 0.2) is 46.6 Å². The largest absolute Gasteiger partial charge is 0.0768 e. The van der Waals surface area contributed by atoms with Gasteiger partial charge in [0.25, 0.3) is 0 Å². The molecule has 0 aromatic carbocycles. The Kier molecular flexibility index (Phi) is 6.81. The first-order valence-electron chi connectivity index (χ1n) is 12.5. The van der Waals surface area contributed by atoms with E-state index in [-0.39, 0.29) is 0 Å². The lowest BCUT2D eigenvalue weighted by atomic mass is 9.95. The van der Waals surface area contributed by atoms with E-state index in [4.69, 9.17) is 0 Å². The lowest BCUT2D eigenvalue weighted by molar-refractivity contribution is 0.559. The number of hydrogen-bond donors (Lipinski definition) is 0. The van der Waals surface area contributed by atoms with Gasteiger partial charge in [0.15, 0.2) is 0 Å². The topological polar surface area (TPSA) is 0 Å². The van der Waals surface area contributed by atoms with E-state index in [1.165, 1.54) is 96.3 Å². The first-order chi connectivity index (χ1) is 13.6. The standard InChI is InChI=1S/C27H42Si/c1-28(2,27-20-24-16-12-9-13-17-25(24)21-27)26-18-22-14-10-7-5-3-4-6-8-11-15-23(22)19-26/h18-21,26-27H,3-17H2,1-2H3. The molecule has 2 saturated carbocycles. The normalized spacial score (nSPS) is 26.1. The van der Waals surface area contributed by atoms with Crippen LogP contribution in [0.1, 0.15) is 96.3 Å². The van der Waals surface area contributed by atoms with E-state index in [9.17, 15) is 0 Å². The van der Waals surface area contributed by atoms with Crippen molar-refractivity contribution in [3.8, 4) is 0 Å². The Labute approximate surface area is 175 Å². The number of rotatable bonds is 2. The molecule has 0 saturated heterocycles. The molecule has 0 aliphatic heterocycles. The van der Waals surface area contributed by atoms with E-state index in [2.05, 4.69) is 37.4 Å². The molecule has 0 aromatic heterocycles. The van der Waals surface area contributed by atoms with Gasteiger partial charge >= 0.3 is 0 Å². The van der Waals surface area contributed by atoms with Crippen molar-refractivity contribution in [2.45, 2.75) is 120 Å². The average molecular weight is 395 g/mol. The Balaban J connectivity index is 1.50. The summed E-state index contributed by atoms with van der Waals surface area (Å²) in [5, 5.41) is 0. The summed E-state index contributed by atoms with van der Waals surface area (Å²) < 4.78 is 0. The summed E-state index contributed by atoms with van der Waals surface area (Å²) in [6.45, 7) is 5.34. The van der Waals surface area contributed by atoms with Crippen molar-refractivity contribution in [3.63, 3.8) is 0 Å². The summed E-state index contributed by atoms with van der Waals surface area (Å²) in [6.07, 6.45) is 32.1. The van der Waals surface area contributed by atoms with Crippen molar-refractivity contribution in [2.24, 2.45) is 0 Å². The Bertz CT molecular complexity index is 622. The molecule has 0 spiro atoms. The van der Waals surface area contributed by atoms with E-state index in [0.29, 0.717) is 0 Å². The van der Waals surface area contributed by atoms with Gasteiger partial charge in [0.2, 0.25) is 0 Å². The molecular weight excluding hydrogens is 352 g/mol. The second kappa shape index (κ2) is 9.33. The van der Waals surface area contributed by atoms with Crippen LogP contribution >= 0.6 is 0 Å². The summed E-state index contributed by atoms with van der Waals surface area (Å²) in [6, 6.07) is 0. The summed E-state index contributed by atoms with van der Waals surface area (Å²) in [4.78, 5) is 0. The third kappa shape index (κ3) is 4.66. The third-order valence-electron chi connectivity index (χ3n) is 8.10. The van der Waals surface area contributed by atoms with Crippen LogP contribution in [0.3, 0.4) is 0 Å². The van der Waals surface area contributed by atoms with Gasteiger partial charge in [0.05, 0.1) is 8.07 Å². The van der Waals surface area contributed by atoms with Crippen LogP contribution in [0, 0.1) is 0 Å². The zero-order valence-corrected chi connectivity index (χ0v) is 19.6. The van der Waals surface area contributed by atoms with Gasteiger partial charge in [-0.1, -0.05) is 82.3 Å². The SMILES string of the molecule is C[Si](C)(C1C=C2CCCCCCCCCCC2=C1)C1C=C2CCCCCC2=C1. The van der Waals surface area contributed by atoms with Gasteiger partial charge in [-0.3, -0.25) is 0 Å². The third-order valence-corrected chi connectivity index (χ3v) is 12.2.